The van der Waals surface area contributed by atoms with Gasteiger partial charge in [-0.3, -0.25) is 9.59 Å². The van der Waals surface area contributed by atoms with Gasteiger partial charge in [-0.15, -0.1) is 12.4 Å². The predicted molar refractivity (Wildman–Crippen MR) is 78.4 cm³/mol. The Morgan fingerprint density at radius 1 is 1.26 bits per heavy atom. The van der Waals surface area contributed by atoms with Crippen LogP contribution >= 0.6 is 12.4 Å². The number of nitrogens with one attached hydrogen (secondary N) is 1. The summed E-state index contributed by atoms with van der Waals surface area (Å²) in [4.78, 5) is 27.1. The molecule has 1 fully saturated rings. The van der Waals surface area contributed by atoms with Crippen LogP contribution in [0.3, 0.4) is 0 Å². The van der Waals surface area contributed by atoms with Crippen molar-refractivity contribution < 1.29 is 9.59 Å². The molecule has 19 heavy (non-hydrogen) atoms. The summed E-state index contributed by atoms with van der Waals surface area (Å²) in [5, 5.41) is 3.26. The highest BCUT2D eigenvalue weighted by Crippen LogP contribution is 2.14. The number of halogens is 1. The third-order valence-corrected chi connectivity index (χ3v) is 3.30. The first-order valence-electron chi connectivity index (χ1n) is 6.73. The largest absolute Gasteiger partial charge is 0.347 e. The number of hydrogen-bond acceptors (Lipinski definition) is 3. The number of nitrogens with zero attached hydrogens (tertiary/aromatic N) is 2. The van der Waals surface area contributed by atoms with Crippen molar-refractivity contribution in [3.63, 3.8) is 0 Å². The highest BCUT2D eigenvalue weighted by Gasteiger charge is 2.23. The Bertz CT molecular complexity index is 292. The van der Waals surface area contributed by atoms with E-state index in [-0.39, 0.29) is 30.8 Å². The molecule has 1 atom stereocenters. The Hall–Kier alpha value is -0.810. The van der Waals surface area contributed by atoms with Crippen molar-refractivity contribution in [3.8, 4) is 0 Å². The molecule has 1 aliphatic rings. The Morgan fingerprint density at radius 2 is 1.95 bits per heavy atom. The van der Waals surface area contributed by atoms with Crippen molar-refractivity contribution in [3.05, 3.63) is 0 Å². The minimum absolute atomic E-state index is 0. The summed E-state index contributed by atoms with van der Waals surface area (Å²) in [6, 6.07) is 0. The smallest absolute Gasteiger partial charge is 0.241 e. The number of carbonyl (C=O) groups excluding carboxylic acids is 2. The maximum absolute atomic E-state index is 12.2. The van der Waals surface area contributed by atoms with E-state index in [2.05, 4.69) is 5.32 Å². The van der Waals surface area contributed by atoms with Gasteiger partial charge >= 0.3 is 0 Å². The molecule has 0 aliphatic carbocycles. The molecule has 1 aliphatic heterocycles. The zero-order valence-electron chi connectivity index (χ0n) is 12.1. The zero-order chi connectivity index (χ0) is 13.5. The number of carbonyl (C=O) groups is 2. The quantitative estimate of drug-likeness (QED) is 0.785. The van der Waals surface area contributed by atoms with Crippen LogP contribution in [0.25, 0.3) is 0 Å². The second-order valence-corrected chi connectivity index (χ2v) is 5.17. The average Bonchev–Trinajstić information content (AvgIpc) is 2.80. The molecule has 0 radical (unpaired) electrons. The Balaban J connectivity index is 0.00000324. The topological polar surface area (TPSA) is 52.7 Å². The third kappa shape index (κ3) is 6.25. The Morgan fingerprint density at radius 3 is 2.42 bits per heavy atom. The minimum atomic E-state index is -0.0126. The van der Waals surface area contributed by atoms with Crippen LogP contribution in [0.2, 0.25) is 0 Å². The molecule has 1 saturated heterocycles. The van der Waals surface area contributed by atoms with Gasteiger partial charge in [0.2, 0.25) is 11.8 Å². The van der Waals surface area contributed by atoms with Crippen LogP contribution < -0.4 is 5.32 Å². The molecule has 0 spiro atoms. The van der Waals surface area contributed by atoms with Crippen LogP contribution in [0, 0.1) is 5.92 Å². The third-order valence-electron chi connectivity index (χ3n) is 3.30. The van der Waals surface area contributed by atoms with E-state index in [1.807, 2.05) is 6.92 Å². The first-order chi connectivity index (χ1) is 8.54. The molecule has 1 heterocycles. The molecule has 0 aromatic heterocycles. The predicted octanol–water partition coefficient (Wildman–Crippen LogP) is 0.735. The van der Waals surface area contributed by atoms with Gasteiger partial charge in [0.25, 0.3) is 0 Å². The molecule has 0 bridgehead atoms. The van der Waals surface area contributed by atoms with E-state index in [4.69, 9.17) is 0 Å². The van der Waals surface area contributed by atoms with E-state index in [1.165, 1.54) is 4.90 Å². The molecule has 1 N–H and O–H groups in total. The molecular formula is C13H26ClN3O2. The molecule has 2 amide bonds. The summed E-state index contributed by atoms with van der Waals surface area (Å²) in [7, 11) is 3.44. The van der Waals surface area contributed by atoms with E-state index in [0.29, 0.717) is 18.9 Å². The summed E-state index contributed by atoms with van der Waals surface area (Å²) in [5.41, 5.74) is 0. The molecule has 6 heteroatoms. The first-order valence-corrected chi connectivity index (χ1v) is 6.73. The van der Waals surface area contributed by atoms with E-state index < -0.39 is 0 Å². The summed E-state index contributed by atoms with van der Waals surface area (Å²) in [6.07, 6.45) is 2.51. The van der Waals surface area contributed by atoms with Gasteiger partial charge in [-0.25, -0.2) is 0 Å². The molecule has 1 rings (SSSR count). The lowest BCUT2D eigenvalue weighted by molar-refractivity contribution is -0.139. The summed E-state index contributed by atoms with van der Waals surface area (Å²) in [5.74, 6) is 0.536. The van der Waals surface area contributed by atoms with Crippen LogP contribution in [0.5, 0.6) is 0 Å². The van der Waals surface area contributed by atoms with Crippen LogP contribution in [0.15, 0.2) is 0 Å². The van der Waals surface area contributed by atoms with Crippen LogP contribution in [-0.2, 0) is 9.59 Å². The molecule has 112 valence electrons. The molecule has 0 aromatic carbocycles. The molecule has 5 nitrogen and oxygen atoms in total. The summed E-state index contributed by atoms with van der Waals surface area (Å²) < 4.78 is 0. The lowest BCUT2D eigenvalue weighted by Gasteiger charge is -2.24. The van der Waals surface area contributed by atoms with E-state index >= 15 is 0 Å². The fraction of sp³-hybridized carbons (Fsp3) is 0.846. The maximum Gasteiger partial charge on any atom is 0.241 e. The second kappa shape index (κ2) is 9.15. The monoisotopic (exact) mass is 291 g/mol. The van der Waals surface area contributed by atoms with Gasteiger partial charge in [0, 0.05) is 27.1 Å². The second-order valence-electron chi connectivity index (χ2n) is 5.17. The van der Waals surface area contributed by atoms with E-state index in [0.717, 1.165) is 25.9 Å². The van der Waals surface area contributed by atoms with Crippen molar-refractivity contribution in [2.45, 2.75) is 26.2 Å². The SMILES string of the molecule is CCCN(CC(=O)N(C)C)C(=O)CC1CCNC1.Cl. The first kappa shape index (κ1) is 18.2. The Kier molecular flexibility index (Phi) is 8.76. The van der Waals surface area contributed by atoms with Gasteiger partial charge in [-0.2, -0.15) is 0 Å². The van der Waals surface area contributed by atoms with Crippen LogP contribution in [-0.4, -0.2) is 61.9 Å². The van der Waals surface area contributed by atoms with Crippen molar-refractivity contribution in [1.82, 2.24) is 15.1 Å². The number of amides is 2. The highest BCUT2D eigenvalue weighted by atomic mass is 35.5. The number of rotatable bonds is 6. The number of likely N-dealkylation sites (N-methyl/N-ethyl adjacent to an activating group) is 1. The van der Waals surface area contributed by atoms with Gasteiger partial charge in [0.15, 0.2) is 0 Å². The standard InChI is InChI=1S/C13H25N3O2.ClH/c1-4-7-16(10-13(18)15(2)3)12(17)8-11-5-6-14-9-11;/h11,14H,4-10H2,1-3H3;1H. The molecule has 1 unspecified atom stereocenters. The highest BCUT2D eigenvalue weighted by molar-refractivity contribution is 5.85. The van der Waals surface area contributed by atoms with Crippen molar-refractivity contribution >= 4 is 24.2 Å². The fourth-order valence-corrected chi connectivity index (χ4v) is 2.13. The van der Waals surface area contributed by atoms with E-state index in [1.54, 1.807) is 19.0 Å². The summed E-state index contributed by atoms with van der Waals surface area (Å²) >= 11 is 0. The molecule has 0 saturated carbocycles. The molecule has 0 aromatic rings. The van der Waals surface area contributed by atoms with Crippen LogP contribution in [0.4, 0.5) is 0 Å². The Labute approximate surface area is 122 Å². The van der Waals surface area contributed by atoms with Crippen molar-refractivity contribution in [2.75, 3.05) is 40.3 Å². The lowest BCUT2D eigenvalue weighted by atomic mass is 10.0. The van der Waals surface area contributed by atoms with Gasteiger partial charge in [-0.1, -0.05) is 6.92 Å². The van der Waals surface area contributed by atoms with Gasteiger partial charge < -0.3 is 15.1 Å². The van der Waals surface area contributed by atoms with Crippen LogP contribution in [0.1, 0.15) is 26.2 Å². The normalized spacial score (nSPS) is 17.7. The molecular weight excluding hydrogens is 266 g/mol. The zero-order valence-corrected chi connectivity index (χ0v) is 13.0. The summed E-state index contributed by atoms with van der Waals surface area (Å²) in [6.45, 7) is 4.83. The average molecular weight is 292 g/mol. The van der Waals surface area contributed by atoms with Gasteiger partial charge in [-0.05, 0) is 31.8 Å². The van der Waals surface area contributed by atoms with Gasteiger partial charge in [0.1, 0.15) is 0 Å². The van der Waals surface area contributed by atoms with Gasteiger partial charge in [0.05, 0.1) is 6.54 Å². The van der Waals surface area contributed by atoms with Crippen molar-refractivity contribution in [2.24, 2.45) is 5.92 Å². The fourth-order valence-electron chi connectivity index (χ4n) is 2.13. The van der Waals surface area contributed by atoms with E-state index in [9.17, 15) is 9.59 Å². The minimum Gasteiger partial charge on any atom is -0.347 e. The number of hydrogen-bond donors (Lipinski definition) is 1. The maximum atomic E-state index is 12.2. The van der Waals surface area contributed by atoms with Crippen molar-refractivity contribution in [1.29, 1.82) is 0 Å². The lowest BCUT2D eigenvalue weighted by Crippen LogP contribution is -2.41.